The predicted molar refractivity (Wildman–Crippen MR) is 82.4 cm³/mol. The number of piperidine rings is 1. The number of carbonyl (C=O) groups excluding carboxylic acids is 1. The van der Waals surface area contributed by atoms with Gasteiger partial charge in [0.2, 0.25) is 0 Å². The highest BCUT2D eigenvalue weighted by molar-refractivity contribution is 5.78. The van der Waals surface area contributed by atoms with E-state index in [-0.39, 0.29) is 17.9 Å². The minimum absolute atomic E-state index is 0.0523. The summed E-state index contributed by atoms with van der Waals surface area (Å²) in [6, 6.07) is 4.40. The van der Waals surface area contributed by atoms with Crippen LogP contribution in [0.5, 0.6) is 0 Å². The summed E-state index contributed by atoms with van der Waals surface area (Å²) in [5.74, 6) is 1.94. The zero-order valence-corrected chi connectivity index (χ0v) is 13.6. The Morgan fingerprint density at radius 1 is 1.35 bits per heavy atom. The van der Waals surface area contributed by atoms with Gasteiger partial charge in [0.15, 0.2) is 0 Å². The summed E-state index contributed by atoms with van der Waals surface area (Å²) in [4.78, 5) is 20.5. The van der Waals surface area contributed by atoms with E-state index in [2.05, 4.69) is 4.90 Å². The van der Waals surface area contributed by atoms with Gasteiger partial charge < -0.3 is 9.15 Å². The van der Waals surface area contributed by atoms with Crippen LogP contribution in [0.25, 0.3) is 0 Å². The molecule has 6 nitrogen and oxygen atoms in total. The van der Waals surface area contributed by atoms with Crippen molar-refractivity contribution in [1.82, 2.24) is 9.96 Å². The van der Waals surface area contributed by atoms with Crippen molar-refractivity contribution in [2.24, 2.45) is 5.92 Å². The molecule has 3 aliphatic rings. The Morgan fingerprint density at radius 2 is 2.26 bits per heavy atom. The molecule has 3 fully saturated rings. The van der Waals surface area contributed by atoms with Gasteiger partial charge in [-0.25, -0.2) is 5.06 Å². The van der Waals surface area contributed by atoms with E-state index in [1.807, 2.05) is 19.1 Å². The lowest BCUT2D eigenvalue weighted by Crippen LogP contribution is -2.52. The summed E-state index contributed by atoms with van der Waals surface area (Å²) in [5.41, 5.74) is 0. The van der Waals surface area contributed by atoms with Crippen LogP contribution in [0.1, 0.15) is 30.8 Å². The highest BCUT2D eigenvalue weighted by atomic mass is 16.7. The zero-order chi connectivity index (χ0) is 15.8. The summed E-state index contributed by atoms with van der Waals surface area (Å²) < 4.78 is 11.6. The first-order valence-corrected chi connectivity index (χ1v) is 8.56. The second kappa shape index (κ2) is 6.26. The fourth-order valence-corrected chi connectivity index (χ4v) is 4.01. The number of hydrogen-bond acceptors (Lipinski definition) is 5. The van der Waals surface area contributed by atoms with Gasteiger partial charge in [0, 0.05) is 19.2 Å². The van der Waals surface area contributed by atoms with Crippen LogP contribution in [0.15, 0.2) is 16.5 Å². The molecule has 4 rings (SSSR count). The van der Waals surface area contributed by atoms with Crippen LogP contribution in [-0.4, -0.2) is 54.3 Å². The van der Waals surface area contributed by atoms with Crippen molar-refractivity contribution in [3.05, 3.63) is 23.7 Å². The summed E-state index contributed by atoms with van der Waals surface area (Å²) >= 11 is 0. The number of carbonyl (C=O) groups is 1. The molecule has 1 amide bonds. The van der Waals surface area contributed by atoms with Crippen LogP contribution >= 0.6 is 0 Å². The fraction of sp³-hybridized carbons (Fsp3) is 0.706. The number of fused-ring (bicyclic) bond motifs is 1. The maximum Gasteiger partial charge on any atom is 0.250 e. The Morgan fingerprint density at radius 3 is 3.00 bits per heavy atom. The molecular weight excluding hydrogens is 296 g/mol. The van der Waals surface area contributed by atoms with E-state index < -0.39 is 0 Å². The molecule has 0 radical (unpaired) electrons. The standard InChI is InChI=1S/C17H24N2O4/c1-12-3-4-14(23-12)11-18-10-13(9-16-15(18)5-8-21-16)17(20)19-6-2-7-22-19/h3-4,13,15-16H,2,5-11H2,1H3/t13-,15+,16+/m0/s1. The van der Waals surface area contributed by atoms with Crippen molar-refractivity contribution in [3.63, 3.8) is 0 Å². The van der Waals surface area contributed by atoms with Crippen LogP contribution in [0.4, 0.5) is 0 Å². The lowest BCUT2D eigenvalue weighted by atomic mass is 9.89. The Balaban J connectivity index is 1.48. The lowest BCUT2D eigenvalue weighted by molar-refractivity contribution is -0.177. The Kier molecular flexibility index (Phi) is 4.13. The molecule has 23 heavy (non-hydrogen) atoms. The number of amides is 1. The molecule has 3 atom stereocenters. The van der Waals surface area contributed by atoms with E-state index in [0.717, 1.165) is 50.5 Å². The molecule has 4 heterocycles. The Bertz CT molecular complexity index is 567. The van der Waals surface area contributed by atoms with E-state index >= 15 is 0 Å². The molecule has 1 aromatic heterocycles. The number of furan rings is 1. The van der Waals surface area contributed by atoms with Gasteiger partial charge >= 0.3 is 0 Å². The number of hydroxylamine groups is 2. The molecular formula is C17H24N2O4. The van der Waals surface area contributed by atoms with Gasteiger partial charge in [-0.1, -0.05) is 0 Å². The van der Waals surface area contributed by atoms with Gasteiger partial charge in [-0.3, -0.25) is 14.5 Å². The third-order valence-corrected chi connectivity index (χ3v) is 5.12. The van der Waals surface area contributed by atoms with Crippen molar-refractivity contribution in [2.45, 2.75) is 44.9 Å². The van der Waals surface area contributed by atoms with Crippen molar-refractivity contribution < 1.29 is 18.8 Å². The van der Waals surface area contributed by atoms with Crippen molar-refractivity contribution in [2.75, 3.05) is 26.3 Å². The maximum absolute atomic E-state index is 12.7. The number of rotatable bonds is 3. The number of hydrogen-bond donors (Lipinski definition) is 0. The van der Waals surface area contributed by atoms with Crippen LogP contribution in [0.3, 0.4) is 0 Å². The van der Waals surface area contributed by atoms with Crippen molar-refractivity contribution in [3.8, 4) is 0 Å². The number of aryl methyl sites for hydroxylation is 1. The third kappa shape index (κ3) is 3.03. The van der Waals surface area contributed by atoms with Crippen LogP contribution < -0.4 is 0 Å². The molecule has 3 aliphatic heterocycles. The number of nitrogens with zero attached hydrogens (tertiary/aromatic N) is 2. The quantitative estimate of drug-likeness (QED) is 0.849. The molecule has 126 valence electrons. The average molecular weight is 320 g/mol. The summed E-state index contributed by atoms with van der Waals surface area (Å²) in [6.45, 7) is 5.59. The second-order valence-electron chi connectivity index (χ2n) is 6.77. The minimum atomic E-state index is -0.0523. The van der Waals surface area contributed by atoms with E-state index in [4.69, 9.17) is 14.0 Å². The van der Waals surface area contributed by atoms with Crippen molar-refractivity contribution >= 4 is 5.91 Å². The molecule has 0 N–H and O–H groups in total. The second-order valence-corrected chi connectivity index (χ2v) is 6.77. The molecule has 1 aromatic rings. The fourth-order valence-electron chi connectivity index (χ4n) is 4.01. The van der Waals surface area contributed by atoms with E-state index in [1.54, 1.807) is 5.06 Å². The zero-order valence-electron chi connectivity index (χ0n) is 13.6. The predicted octanol–water partition coefficient (Wildman–Crippen LogP) is 1.73. The largest absolute Gasteiger partial charge is 0.465 e. The summed E-state index contributed by atoms with van der Waals surface area (Å²) in [6.07, 6.45) is 2.91. The van der Waals surface area contributed by atoms with Crippen LogP contribution in [0, 0.1) is 12.8 Å². The monoisotopic (exact) mass is 320 g/mol. The molecule has 0 bridgehead atoms. The highest BCUT2D eigenvalue weighted by Crippen LogP contribution is 2.33. The van der Waals surface area contributed by atoms with Crippen molar-refractivity contribution in [1.29, 1.82) is 0 Å². The van der Waals surface area contributed by atoms with Gasteiger partial charge in [0.25, 0.3) is 5.91 Å². The number of likely N-dealkylation sites (tertiary alicyclic amines) is 1. The molecule has 0 aliphatic carbocycles. The smallest absolute Gasteiger partial charge is 0.250 e. The van der Waals surface area contributed by atoms with E-state index in [1.165, 1.54) is 0 Å². The average Bonchev–Trinajstić information content (AvgIpc) is 3.27. The van der Waals surface area contributed by atoms with Gasteiger partial charge in [0.05, 0.1) is 31.7 Å². The Labute approximate surface area is 136 Å². The third-order valence-electron chi connectivity index (χ3n) is 5.12. The number of ether oxygens (including phenoxy) is 1. The normalized spacial score (nSPS) is 31.5. The first-order chi connectivity index (χ1) is 11.2. The first kappa shape index (κ1) is 15.2. The van der Waals surface area contributed by atoms with Gasteiger partial charge in [-0.15, -0.1) is 0 Å². The SMILES string of the molecule is Cc1ccc(CN2C[C@@H](C(=O)N3CCCO3)C[C@H]3OCC[C@H]32)o1. The first-order valence-electron chi connectivity index (χ1n) is 8.56. The van der Waals surface area contributed by atoms with Crippen LogP contribution in [-0.2, 0) is 20.9 Å². The summed E-state index contributed by atoms with van der Waals surface area (Å²) in [7, 11) is 0. The molecule has 0 unspecified atom stereocenters. The molecule has 0 saturated carbocycles. The molecule has 6 heteroatoms. The minimum Gasteiger partial charge on any atom is -0.465 e. The van der Waals surface area contributed by atoms with Gasteiger partial charge in [0.1, 0.15) is 11.5 Å². The molecule has 0 aromatic carbocycles. The van der Waals surface area contributed by atoms with Crippen LogP contribution in [0.2, 0.25) is 0 Å². The van der Waals surface area contributed by atoms with E-state index in [0.29, 0.717) is 19.2 Å². The molecule has 0 spiro atoms. The van der Waals surface area contributed by atoms with Gasteiger partial charge in [-0.2, -0.15) is 0 Å². The Hall–Kier alpha value is -1.37. The summed E-state index contributed by atoms with van der Waals surface area (Å²) in [5, 5.41) is 1.55. The lowest BCUT2D eigenvalue weighted by Gasteiger charge is -2.40. The highest BCUT2D eigenvalue weighted by Gasteiger charge is 2.43. The topological polar surface area (TPSA) is 55.2 Å². The maximum atomic E-state index is 12.7. The van der Waals surface area contributed by atoms with E-state index in [9.17, 15) is 4.79 Å². The van der Waals surface area contributed by atoms with Gasteiger partial charge in [-0.05, 0) is 38.3 Å². The molecule has 3 saturated heterocycles.